The Kier molecular flexibility index (Phi) is 3.76. The van der Waals surface area contributed by atoms with E-state index < -0.39 is 0 Å². The maximum Gasteiger partial charge on any atom is 0.226 e. The molecule has 1 N–H and O–H groups in total. The van der Waals surface area contributed by atoms with Crippen LogP contribution in [-0.2, 0) is 4.79 Å². The zero-order valence-electron chi connectivity index (χ0n) is 11.7. The largest absolute Gasteiger partial charge is 0.349 e. The number of hydrogen-bond acceptors (Lipinski definition) is 2. The Bertz CT molecular complexity index is 525. The average molecular weight is 293 g/mol. The number of hydrogen-bond donors (Lipinski definition) is 1. The van der Waals surface area contributed by atoms with Gasteiger partial charge in [-0.05, 0) is 43.0 Å². The van der Waals surface area contributed by atoms with Gasteiger partial charge in [0.05, 0.1) is 6.04 Å². The van der Waals surface area contributed by atoms with Crippen molar-refractivity contribution < 1.29 is 9.18 Å². The standard InChI is InChI=1S/C16H20FNOS/c1-16(7-2-3-8-16)15(19)18-13-6-9-20-14-5-4-11(17)10-12(13)14/h4-5,10,13H,2-3,6-9H2,1H3,(H,18,19). The summed E-state index contributed by atoms with van der Waals surface area (Å²) in [5.74, 6) is 0.889. The Morgan fingerprint density at radius 1 is 1.40 bits per heavy atom. The number of rotatable bonds is 2. The van der Waals surface area contributed by atoms with E-state index in [0.717, 1.165) is 48.3 Å². The van der Waals surface area contributed by atoms with Crippen LogP contribution in [0.5, 0.6) is 0 Å². The average Bonchev–Trinajstić information content (AvgIpc) is 2.88. The summed E-state index contributed by atoms with van der Waals surface area (Å²) in [5, 5.41) is 3.17. The number of halogens is 1. The normalized spacial score (nSPS) is 24.2. The van der Waals surface area contributed by atoms with E-state index in [1.807, 2.05) is 6.07 Å². The minimum Gasteiger partial charge on any atom is -0.349 e. The molecule has 4 heteroatoms. The van der Waals surface area contributed by atoms with Gasteiger partial charge in [-0.15, -0.1) is 11.8 Å². The molecule has 1 aliphatic carbocycles. The first-order chi connectivity index (χ1) is 9.58. The second kappa shape index (κ2) is 5.40. The number of thioether (sulfide) groups is 1. The Morgan fingerprint density at radius 2 is 2.15 bits per heavy atom. The molecule has 108 valence electrons. The predicted octanol–water partition coefficient (Wildman–Crippen LogP) is 4.06. The fourth-order valence-electron chi connectivity index (χ4n) is 3.23. The Hall–Kier alpha value is -1.03. The van der Waals surface area contributed by atoms with Gasteiger partial charge in [-0.1, -0.05) is 19.8 Å². The van der Waals surface area contributed by atoms with Gasteiger partial charge in [-0.2, -0.15) is 0 Å². The van der Waals surface area contributed by atoms with Gasteiger partial charge in [-0.3, -0.25) is 4.79 Å². The molecule has 0 aromatic heterocycles. The molecule has 2 nitrogen and oxygen atoms in total. The second-order valence-corrected chi connectivity index (χ2v) is 7.25. The number of amides is 1. The van der Waals surface area contributed by atoms with Gasteiger partial charge in [0, 0.05) is 16.1 Å². The summed E-state index contributed by atoms with van der Waals surface area (Å²) in [6, 6.07) is 4.86. The molecule has 1 fully saturated rings. The lowest BCUT2D eigenvalue weighted by molar-refractivity contribution is -0.130. The van der Waals surface area contributed by atoms with E-state index in [0.29, 0.717) is 0 Å². The third-order valence-corrected chi connectivity index (χ3v) is 5.69. The summed E-state index contributed by atoms with van der Waals surface area (Å²) in [6.45, 7) is 2.05. The lowest BCUT2D eigenvalue weighted by Gasteiger charge is -2.30. The van der Waals surface area contributed by atoms with Crippen molar-refractivity contribution in [3.05, 3.63) is 29.6 Å². The van der Waals surface area contributed by atoms with E-state index in [9.17, 15) is 9.18 Å². The lowest BCUT2D eigenvalue weighted by atomic mass is 9.87. The Morgan fingerprint density at radius 3 is 2.90 bits per heavy atom. The molecule has 0 saturated heterocycles. The molecule has 0 bridgehead atoms. The lowest BCUT2D eigenvalue weighted by Crippen LogP contribution is -2.40. The van der Waals surface area contributed by atoms with Crippen molar-refractivity contribution in [2.24, 2.45) is 5.41 Å². The van der Waals surface area contributed by atoms with Crippen LogP contribution in [0.1, 0.15) is 50.6 Å². The molecule has 2 aliphatic rings. The van der Waals surface area contributed by atoms with E-state index in [1.165, 1.54) is 6.07 Å². The number of carbonyl (C=O) groups excluding carboxylic acids is 1. The molecular formula is C16H20FNOS. The molecule has 3 rings (SSSR count). The minimum atomic E-state index is -0.224. The monoisotopic (exact) mass is 293 g/mol. The maximum absolute atomic E-state index is 13.5. The molecule has 1 saturated carbocycles. The highest BCUT2D eigenvalue weighted by Crippen LogP contribution is 2.40. The molecule has 1 amide bonds. The van der Waals surface area contributed by atoms with Gasteiger partial charge in [0.2, 0.25) is 5.91 Å². The van der Waals surface area contributed by atoms with Crippen molar-refractivity contribution in [2.75, 3.05) is 5.75 Å². The van der Waals surface area contributed by atoms with E-state index in [4.69, 9.17) is 0 Å². The summed E-state index contributed by atoms with van der Waals surface area (Å²) < 4.78 is 13.5. The summed E-state index contributed by atoms with van der Waals surface area (Å²) in [4.78, 5) is 13.6. The van der Waals surface area contributed by atoms with Crippen LogP contribution in [0.2, 0.25) is 0 Å². The number of nitrogens with one attached hydrogen (secondary N) is 1. The summed E-state index contributed by atoms with van der Waals surface area (Å²) in [5.41, 5.74) is 0.717. The van der Waals surface area contributed by atoms with Crippen molar-refractivity contribution in [2.45, 2.75) is 50.0 Å². The number of benzene rings is 1. The van der Waals surface area contributed by atoms with Crippen LogP contribution in [-0.4, -0.2) is 11.7 Å². The van der Waals surface area contributed by atoms with E-state index in [1.54, 1.807) is 17.8 Å². The van der Waals surface area contributed by atoms with Crippen molar-refractivity contribution in [3.63, 3.8) is 0 Å². The fourth-order valence-corrected chi connectivity index (χ4v) is 4.34. The molecule has 1 aromatic rings. The quantitative estimate of drug-likeness (QED) is 0.891. The Balaban J connectivity index is 1.79. The molecule has 1 heterocycles. The van der Waals surface area contributed by atoms with Gasteiger partial charge in [0.15, 0.2) is 0 Å². The highest BCUT2D eigenvalue weighted by Gasteiger charge is 2.37. The van der Waals surface area contributed by atoms with Gasteiger partial charge in [-0.25, -0.2) is 4.39 Å². The van der Waals surface area contributed by atoms with Crippen LogP contribution in [0.4, 0.5) is 4.39 Å². The van der Waals surface area contributed by atoms with E-state index >= 15 is 0 Å². The minimum absolute atomic E-state index is 0.0353. The molecule has 1 aliphatic heterocycles. The van der Waals surface area contributed by atoms with Crippen molar-refractivity contribution in [1.82, 2.24) is 5.32 Å². The molecular weight excluding hydrogens is 273 g/mol. The zero-order chi connectivity index (χ0) is 14.2. The zero-order valence-corrected chi connectivity index (χ0v) is 12.6. The van der Waals surface area contributed by atoms with E-state index in [-0.39, 0.29) is 23.2 Å². The fraction of sp³-hybridized carbons (Fsp3) is 0.562. The molecule has 0 spiro atoms. The summed E-state index contributed by atoms with van der Waals surface area (Å²) in [7, 11) is 0. The van der Waals surface area contributed by atoms with Crippen LogP contribution in [0.25, 0.3) is 0 Å². The maximum atomic E-state index is 13.5. The molecule has 1 atom stereocenters. The first kappa shape index (κ1) is 13.9. The summed E-state index contributed by atoms with van der Waals surface area (Å²) in [6.07, 6.45) is 5.08. The Labute approximate surface area is 123 Å². The number of fused-ring (bicyclic) bond motifs is 1. The molecule has 1 unspecified atom stereocenters. The SMILES string of the molecule is CC1(C(=O)NC2CCSc3ccc(F)cc32)CCCC1. The van der Waals surface area contributed by atoms with Crippen LogP contribution in [0.3, 0.4) is 0 Å². The first-order valence-electron chi connectivity index (χ1n) is 7.32. The molecule has 1 aromatic carbocycles. The van der Waals surface area contributed by atoms with Crippen LogP contribution >= 0.6 is 11.8 Å². The van der Waals surface area contributed by atoms with E-state index in [2.05, 4.69) is 12.2 Å². The smallest absolute Gasteiger partial charge is 0.226 e. The third kappa shape index (κ3) is 2.58. The van der Waals surface area contributed by atoms with Gasteiger partial charge < -0.3 is 5.32 Å². The van der Waals surface area contributed by atoms with Crippen molar-refractivity contribution >= 4 is 17.7 Å². The highest BCUT2D eigenvalue weighted by molar-refractivity contribution is 7.99. The topological polar surface area (TPSA) is 29.1 Å². The predicted molar refractivity (Wildman–Crippen MR) is 79.2 cm³/mol. The van der Waals surface area contributed by atoms with Gasteiger partial charge in [0.25, 0.3) is 0 Å². The second-order valence-electron chi connectivity index (χ2n) is 6.11. The first-order valence-corrected chi connectivity index (χ1v) is 8.30. The van der Waals surface area contributed by atoms with Crippen LogP contribution in [0, 0.1) is 11.2 Å². The highest BCUT2D eigenvalue weighted by atomic mass is 32.2. The van der Waals surface area contributed by atoms with Crippen molar-refractivity contribution in [1.29, 1.82) is 0 Å². The third-order valence-electron chi connectivity index (χ3n) is 4.57. The molecule has 0 radical (unpaired) electrons. The van der Waals surface area contributed by atoms with Crippen LogP contribution in [0.15, 0.2) is 23.1 Å². The molecule has 20 heavy (non-hydrogen) atoms. The summed E-state index contributed by atoms with van der Waals surface area (Å²) >= 11 is 1.74. The van der Waals surface area contributed by atoms with Crippen LogP contribution < -0.4 is 5.32 Å². The van der Waals surface area contributed by atoms with Crippen molar-refractivity contribution in [3.8, 4) is 0 Å². The van der Waals surface area contributed by atoms with Gasteiger partial charge in [0.1, 0.15) is 5.82 Å². The van der Waals surface area contributed by atoms with Gasteiger partial charge >= 0.3 is 0 Å². The number of carbonyl (C=O) groups is 1.